The largest absolute Gasteiger partial charge is 0.379 e. The van der Waals surface area contributed by atoms with Gasteiger partial charge in [-0.1, -0.05) is 24.3 Å². The van der Waals surface area contributed by atoms with Gasteiger partial charge in [-0.05, 0) is 30.4 Å². The molecule has 0 unspecified atom stereocenters. The summed E-state index contributed by atoms with van der Waals surface area (Å²) in [5, 5.41) is 0. The number of hydrogen-bond acceptors (Lipinski definition) is 4. The molecule has 7 nitrogen and oxygen atoms in total. The summed E-state index contributed by atoms with van der Waals surface area (Å²) in [5.74, 6) is 0.0966. The van der Waals surface area contributed by atoms with E-state index in [0.29, 0.717) is 58.8 Å². The van der Waals surface area contributed by atoms with Gasteiger partial charge in [0.05, 0.1) is 13.2 Å². The third kappa shape index (κ3) is 3.89. The summed E-state index contributed by atoms with van der Waals surface area (Å²) in [5.41, 5.74) is 2.55. The van der Waals surface area contributed by atoms with Gasteiger partial charge in [-0.25, -0.2) is 0 Å². The van der Waals surface area contributed by atoms with Crippen LogP contribution >= 0.6 is 0 Å². The molecule has 0 radical (unpaired) electrons. The second-order valence-corrected chi connectivity index (χ2v) is 9.40. The fraction of sp³-hybridized carbons (Fsp3) is 0.632. The fourth-order valence-corrected chi connectivity index (χ4v) is 5.83. The summed E-state index contributed by atoms with van der Waals surface area (Å²) in [6, 6.07) is 8.28. The van der Waals surface area contributed by atoms with Crippen molar-refractivity contribution in [3.63, 3.8) is 0 Å². The van der Waals surface area contributed by atoms with E-state index in [1.54, 1.807) is 0 Å². The normalized spacial score (nSPS) is 23.2. The molecule has 3 heterocycles. The number of piperidine rings is 1. The number of hydrogen-bond donors (Lipinski definition) is 0. The quantitative estimate of drug-likeness (QED) is 0.764. The van der Waals surface area contributed by atoms with Crippen molar-refractivity contribution in [2.24, 2.45) is 5.92 Å². The van der Waals surface area contributed by atoms with Crippen LogP contribution in [0.4, 0.5) is 0 Å². The van der Waals surface area contributed by atoms with Crippen molar-refractivity contribution in [3.05, 3.63) is 35.4 Å². The Morgan fingerprint density at radius 1 is 0.926 bits per heavy atom. The highest BCUT2D eigenvalue weighted by molar-refractivity contribution is 7.86. The topological polar surface area (TPSA) is 70.2 Å². The van der Waals surface area contributed by atoms with Gasteiger partial charge in [0.25, 0.3) is 10.2 Å². The van der Waals surface area contributed by atoms with E-state index < -0.39 is 10.2 Å². The smallest absolute Gasteiger partial charge is 0.282 e. The molecule has 27 heavy (non-hydrogen) atoms. The van der Waals surface area contributed by atoms with Crippen molar-refractivity contribution in [1.82, 2.24) is 13.5 Å². The molecule has 2 saturated heterocycles. The highest BCUT2D eigenvalue weighted by Gasteiger charge is 2.36. The van der Waals surface area contributed by atoms with Gasteiger partial charge in [0.2, 0.25) is 5.91 Å². The van der Waals surface area contributed by atoms with Crippen LogP contribution in [0.25, 0.3) is 0 Å². The van der Waals surface area contributed by atoms with Crippen LogP contribution in [0.5, 0.6) is 0 Å². The number of carbonyl (C=O) groups is 1. The highest BCUT2D eigenvalue weighted by Crippen LogP contribution is 2.26. The zero-order chi connectivity index (χ0) is 18.9. The van der Waals surface area contributed by atoms with E-state index in [1.165, 1.54) is 19.7 Å². The lowest BCUT2D eigenvalue weighted by Crippen LogP contribution is -2.52. The van der Waals surface area contributed by atoms with Crippen molar-refractivity contribution >= 4 is 16.1 Å². The number of morpholine rings is 1. The molecule has 2 fully saturated rings. The van der Waals surface area contributed by atoms with Crippen LogP contribution in [0, 0.1) is 5.92 Å². The van der Waals surface area contributed by atoms with E-state index in [-0.39, 0.29) is 11.8 Å². The molecule has 3 aliphatic heterocycles. The molecule has 1 amide bonds. The Morgan fingerprint density at radius 3 is 2.26 bits per heavy atom. The van der Waals surface area contributed by atoms with Crippen LogP contribution in [0.3, 0.4) is 0 Å². The Balaban J connectivity index is 1.34. The first-order chi connectivity index (χ1) is 13.1. The molecule has 0 N–H and O–H groups in total. The van der Waals surface area contributed by atoms with Gasteiger partial charge >= 0.3 is 0 Å². The number of carbonyl (C=O) groups excluding carboxylic acids is 1. The molecule has 3 aliphatic rings. The lowest BCUT2D eigenvalue weighted by Gasteiger charge is -2.37. The molecule has 0 atom stereocenters. The first-order valence-corrected chi connectivity index (χ1v) is 11.1. The molecule has 0 saturated carbocycles. The molecular weight excluding hydrogens is 366 g/mol. The minimum Gasteiger partial charge on any atom is -0.379 e. The number of ether oxygens (including phenoxy) is 1. The predicted molar refractivity (Wildman–Crippen MR) is 101 cm³/mol. The van der Waals surface area contributed by atoms with E-state index in [0.717, 1.165) is 13.0 Å². The monoisotopic (exact) mass is 393 g/mol. The summed E-state index contributed by atoms with van der Waals surface area (Å²) in [6.45, 7) is 3.97. The van der Waals surface area contributed by atoms with Gasteiger partial charge in [-0.15, -0.1) is 0 Å². The van der Waals surface area contributed by atoms with Crippen LogP contribution in [-0.4, -0.2) is 73.8 Å². The van der Waals surface area contributed by atoms with Crippen LogP contribution in [0.1, 0.15) is 24.0 Å². The van der Waals surface area contributed by atoms with Crippen molar-refractivity contribution in [2.75, 3.05) is 45.9 Å². The Labute approximate surface area is 161 Å². The Morgan fingerprint density at radius 2 is 1.56 bits per heavy atom. The van der Waals surface area contributed by atoms with Crippen LogP contribution < -0.4 is 0 Å². The summed E-state index contributed by atoms with van der Waals surface area (Å²) >= 11 is 0. The maximum atomic E-state index is 13.0. The van der Waals surface area contributed by atoms with Crippen molar-refractivity contribution in [3.8, 4) is 0 Å². The SMILES string of the molecule is O=C(C1CCN(S(=O)(=O)N2CCOCC2)CC1)N1CCc2ccccc2C1. The van der Waals surface area contributed by atoms with E-state index in [2.05, 4.69) is 12.1 Å². The second kappa shape index (κ2) is 7.87. The van der Waals surface area contributed by atoms with Gasteiger partial charge in [0.15, 0.2) is 0 Å². The number of rotatable bonds is 3. The molecular formula is C19H27N3O4S. The van der Waals surface area contributed by atoms with Gasteiger partial charge < -0.3 is 9.64 Å². The third-order valence-electron chi connectivity index (χ3n) is 5.87. The Kier molecular flexibility index (Phi) is 5.50. The standard InChI is InChI=1S/C19H27N3O4S/c23-19(20-8-5-16-3-1-2-4-18(16)15-20)17-6-9-21(10-7-17)27(24,25)22-11-13-26-14-12-22/h1-4,17H,5-15H2. The summed E-state index contributed by atoms with van der Waals surface area (Å²) < 4.78 is 33.8. The highest BCUT2D eigenvalue weighted by atomic mass is 32.2. The number of nitrogens with zero attached hydrogens (tertiary/aromatic N) is 3. The molecule has 8 heteroatoms. The zero-order valence-corrected chi connectivity index (χ0v) is 16.4. The molecule has 0 aliphatic carbocycles. The molecule has 1 aromatic rings. The molecule has 0 spiro atoms. The number of benzene rings is 1. The molecule has 0 bridgehead atoms. The summed E-state index contributed by atoms with van der Waals surface area (Å²) in [4.78, 5) is 14.9. The molecule has 0 aromatic heterocycles. The van der Waals surface area contributed by atoms with Gasteiger partial charge in [0, 0.05) is 45.2 Å². The van der Waals surface area contributed by atoms with E-state index >= 15 is 0 Å². The second-order valence-electron chi connectivity index (χ2n) is 7.47. The van der Waals surface area contributed by atoms with Crippen molar-refractivity contribution in [1.29, 1.82) is 0 Å². The van der Waals surface area contributed by atoms with Crippen molar-refractivity contribution in [2.45, 2.75) is 25.8 Å². The molecule has 148 valence electrons. The summed E-state index contributed by atoms with van der Waals surface area (Å²) in [7, 11) is -3.44. The zero-order valence-electron chi connectivity index (χ0n) is 15.5. The maximum absolute atomic E-state index is 13.0. The molecule has 4 rings (SSSR count). The van der Waals surface area contributed by atoms with E-state index in [9.17, 15) is 13.2 Å². The first-order valence-electron chi connectivity index (χ1n) is 9.74. The maximum Gasteiger partial charge on any atom is 0.282 e. The minimum atomic E-state index is -3.44. The van der Waals surface area contributed by atoms with E-state index in [4.69, 9.17) is 4.74 Å². The van der Waals surface area contributed by atoms with Crippen LogP contribution in [-0.2, 0) is 32.7 Å². The number of amides is 1. The third-order valence-corrected chi connectivity index (χ3v) is 7.90. The summed E-state index contributed by atoms with van der Waals surface area (Å²) in [6.07, 6.45) is 2.09. The lowest BCUT2D eigenvalue weighted by molar-refractivity contribution is -0.137. The number of fused-ring (bicyclic) bond motifs is 1. The first kappa shape index (κ1) is 18.9. The van der Waals surface area contributed by atoms with Crippen LogP contribution in [0.2, 0.25) is 0 Å². The van der Waals surface area contributed by atoms with Crippen molar-refractivity contribution < 1.29 is 17.9 Å². The average molecular weight is 394 g/mol. The lowest BCUT2D eigenvalue weighted by atomic mass is 9.94. The van der Waals surface area contributed by atoms with Crippen LogP contribution in [0.15, 0.2) is 24.3 Å². The van der Waals surface area contributed by atoms with Gasteiger partial charge in [-0.2, -0.15) is 17.0 Å². The Bertz CT molecular complexity index is 784. The predicted octanol–water partition coefficient (Wildman–Crippen LogP) is 0.860. The average Bonchev–Trinajstić information content (AvgIpc) is 2.73. The Hall–Kier alpha value is -1.48. The van der Waals surface area contributed by atoms with Gasteiger partial charge in [0.1, 0.15) is 0 Å². The fourth-order valence-electron chi connectivity index (χ4n) is 4.22. The van der Waals surface area contributed by atoms with Gasteiger partial charge in [-0.3, -0.25) is 4.79 Å². The molecule has 1 aromatic carbocycles. The minimum absolute atomic E-state index is 0.0774. The van der Waals surface area contributed by atoms with E-state index in [1.807, 2.05) is 17.0 Å².